The van der Waals surface area contributed by atoms with Crippen molar-refractivity contribution in [3.8, 4) is 5.75 Å². The molecule has 2 N–H and O–H groups in total. The summed E-state index contributed by atoms with van der Waals surface area (Å²) in [5, 5.41) is 7.75. The number of rotatable bonds is 4. The van der Waals surface area contributed by atoms with Gasteiger partial charge in [-0.25, -0.2) is 0 Å². The number of carbonyl (C=O) groups excluding carboxylic acids is 3. The average Bonchev–Trinajstić information content (AvgIpc) is 3.46. The van der Waals surface area contributed by atoms with Gasteiger partial charge < -0.3 is 20.3 Å². The molecule has 0 bridgehead atoms. The molecule has 0 fully saturated rings. The summed E-state index contributed by atoms with van der Waals surface area (Å²) in [5.74, 6) is 0.179. The van der Waals surface area contributed by atoms with Crippen LogP contribution in [0.15, 0.2) is 72.1 Å². The highest BCUT2D eigenvalue weighted by Gasteiger charge is 2.26. The molecule has 0 unspecified atom stereocenters. The molecule has 0 saturated carbocycles. The molecule has 3 aromatic rings. The average molecular weight is 548 g/mol. The first kappa shape index (κ1) is 28.4. The molecule has 0 saturated heterocycles. The number of amides is 3. The van der Waals surface area contributed by atoms with Crippen LogP contribution in [0.4, 0.5) is 0 Å². The lowest BCUT2D eigenvalue weighted by atomic mass is 10.0. The minimum Gasteiger partial charge on any atom is -0.491 e. The zero-order chi connectivity index (χ0) is 27.3. The predicted molar refractivity (Wildman–Crippen MR) is 154 cm³/mol. The summed E-state index contributed by atoms with van der Waals surface area (Å²) in [6.45, 7) is 1.75. The summed E-state index contributed by atoms with van der Waals surface area (Å²) in [6.07, 6.45) is 4.92. The molecule has 8 heteroatoms. The molecule has 0 spiro atoms. The molecular formula is C31H37N3O4S. The van der Waals surface area contributed by atoms with E-state index in [4.69, 9.17) is 4.74 Å². The van der Waals surface area contributed by atoms with Gasteiger partial charge in [0.2, 0.25) is 11.8 Å². The number of para-hydroxylation sites is 1. The van der Waals surface area contributed by atoms with Gasteiger partial charge in [0.25, 0.3) is 5.91 Å². The van der Waals surface area contributed by atoms with E-state index in [0.29, 0.717) is 37.2 Å². The molecule has 1 atom stereocenters. The summed E-state index contributed by atoms with van der Waals surface area (Å²) in [4.78, 5) is 41.8. The number of nitrogens with one attached hydrogen (secondary N) is 2. The summed E-state index contributed by atoms with van der Waals surface area (Å²) in [7, 11) is 0. The van der Waals surface area contributed by atoms with E-state index in [1.807, 2.05) is 46.7 Å². The molecule has 1 aliphatic heterocycles. The van der Waals surface area contributed by atoms with Gasteiger partial charge in [0.05, 0.1) is 18.0 Å². The van der Waals surface area contributed by atoms with Crippen LogP contribution in [0.2, 0.25) is 0 Å². The highest BCUT2D eigenvalue weighted by Crippen LogP contribution is 2.21. The van der Waals surface area contributed by atoms with E-state index in [1.54, 1.807) is 29.5 Å². The summed E-state index contributed by atoms with van der Waals surface area (Å²) in [5.41, 5.74) is 1.54. The van der Waals surface area contributed by atoms with Crippen molar-refractivity contribution in [1.29, 1.82) is 0 Å². The maximum absolute atomic E-state index is 13.7. The van der Waals surface area contributed by atoms with Gasteiger partial charge in [0.15, 0.2) is 0 Å². The maximum Gasteiger partial charge on any atom is 0.255 e. The molecule has 1 aliphatic rings. The number of fused-ring (bicyclic) bond motifs is 1. The Morgan fingerprint density at radius 2 is 1.69 bits per heavy atom. The fourth-order valence-corrected chi connectivity index (χ4v) is 5.44. The van der Waals surface area contributed by atoms with Crippen molar-refractivity contribution in [3.05, 3.63) is 88.1 Å². The van der Waals surface area contributed by atoms with Crippen molar-refractivity contribution in [3.63, 3.8) is 0 Å². The molecule has 0 aliphatic carbocycles. The van der Waals surface area contributed by atoms with E-state index in [2.05, 4.69) is 22.8 Å². The molecule has 3 amide bonds. The molecule has 0 radical (unpaired) electrons. The van der Waals surface area contributed by atoms with Crippen LogP contribution in [0.5, 0.6) is 5.75 Å². The Bertz CT molecular complexity index is 1200. The van der Waals surface area contributed by atoms with E-state index in [0.717, 1.165) is 36.1 Å². The molecular weight excluding hydrogens is 510 g/mol. The Kier molecular flexibility index (Phi) is 11.0. The van der Waals surface area contributed by atoms with Crippen molar-refractivity contribution >= 4 is 29.1 Å². The van der Waals surface area contributed by atoms with E-state index in [9.17, 15) is 14.4 Å². The van der Waals surface area contributed by atoms with Crippen LogP contribution < -0.4 is 15.4 Å². The fraction of sp³-hybridized carbons (Fsp3) is 0.387. The fourth-order valence-electron chi connectivity index (χ4n) is 4.75. The molecule has 4 rings (SSSR count). The van der Waals surface area contributed by atoms with E-state index in [1.165, 1.54) is 0 Å². The van der Waals surface area contributed by atoms with Crippen LogP contribution >= 0.6 is 11.3 Å². The van der Waals surface area contributed by atoms with E-state index >= 15 is 0 Å². The monoisotopic (exact) mass is 547 g/mol. The Labute approximate surface area is 234 Å². The standard InChI is InChI=1S/C31H37N3O4S/c35-29-16-18-33-31(37)27-14-6-7-15-28(27)38-23-25(21-24-11-4-3-5-12-24)34(19-9-2-1-8-17-32-29)30(36)22-26-13-10-20-39-26/h3-7,10-15,20,25H,1-2,8-9,16-19,21-23H2,(H,32,35)(H,33,37)/t25-/m1/s1. The van der Waals surface area contributed by atoms with Gasteiger partial charge in [-0.15, -0.1) is 11.3 Å². The van der Waals surface area contributed by atoms with Crippen LogP contribution in [0, 0.1) is 0 Å². The van der Waals surface area contributed by atoms with Gasteiger partial charge in [-0.3, -0.25) is 14.4 Å². The minimum absolute atomic E-state index is 0.0740. The highest BCUT2D eigenvalue weighted by atomic mass is 32.1. The third-order valence-electron chi connectivity index (χ3n) is 6.83. The maximum atomic E-state index is 13.7. The van der Waals surface area contributed by atoms with Gasteiger partial charge in [0, 0.05) is 30.9 Å². The van der Waals surface area contributed by atoms with Crippen molar-refractivity contribution < 1.29 is 19.1 Å². The van der Waals surface area contributed by atoms with E-state index < -0.39 is 0 Å². The number of hydrogen-bond donors (Lipinski definition) is 2. The lowest BCUT2D eigenvalue weighted by molar-refractivity contribution is -0.133. The molecule has 39 heavy (non-hydrogen) atoms. The summed E-state index contributed by atoms with van der Waals surface area (Å²) in [6, 6.07) is 21.0. The van der Waals surface area contributed by atoms with Gasteiger partial charge in [-0.1, -0.05) is 61.4 Å². The summed E-state index contributed by atoms with van der Waals surface area (Å²) < 4.78 is 6.29. The number of ether oxygens (including phenoxy) is 1. The molecule has 1 aromatic heterocycles. The van der Waals surface area contributed by atoms with Gasteiger partial charge in [-0.2, -0.15) is 0 Å². The Balaban J connectivity index is 1.59. The Hall–Kier alpha value is -3.65. The normalized spacial score (nSPS) is 18.1. The van der Waals surface area contributed by atoms with Crippen LogP contribution in [0.3, 0.4) is 0 Å². The van der Waals surface area contributed by atoms with Gasteiger partial charge in [0.1, 0.15) is 12.4 Å². The van der Waals surface area contributed by atoms with Crippen molar-refractivity contribution in [1.82, 2.24) is 15.5 Å². The first-order chi connectivity index (χ1) is 19.1. The zero-order valence-electron chi connectivity index (χ0n) is 22.3. The van der Waals surface area contributed by atoms with Crippen LogP contribution in [0.25, 0.3) is 0 Å². The smallest absolute Gasteiger partial charge is 0.255 e. The number of hydrogen-bond acceptors (Lipinski definition) is 5. The van der Waals surface area contributed by atoms with Crippen LogP contribution in [-0.4, -0.2) is 54.9 Å². The predicted octanol–water partition coefficient (Wildman–Crippen LogP) is 4.62. The number of carbonyl (C=O) groups is 3. The molecule has 2 aromatic carbocycles. The second kappa shape index (κ2) is 15.1. The molecule has 206 valence electrons. The Morgan fingerprint density at radius 3 is 2.51 bits per heavy atom. The van der Waals surface area contributed by atoms with Gasteiger partial charge >= 0.3 is 0 Å². The third-order valence-corrected chi connectivity index (χ3v) is 7.71. The number of benzene rings is 2. The lowest BCUT2D eigenvalue weighted by Gasteiger charge is -2.32. The van der Waals surface area contributed by atoms with Crippen molar-refractivity contribution in [2.24, 2.45) is 0 Å². The quantitative estimate of drug-likeness (QED) is 0.499. The van der Waals surface area contributed by atoms with Crippen LogP contribution in [0.1, 0.15) is 52.9 Å². The highest BCUT2D eigenvalue weighted by molar-refractivity contribution is 7.10. The van der Waals surface area contributed by atoms with E-state index in [-0.39, 0.29) is 43.3 Å². The SMILES string of the molecule is O=C1CCNC(=O)c2ccccc2OC[C@@H](Cc2ccccc2)N(C(=O)Cc2cccs2)CCCCCCN1. The van der Waals surface area contributed by atoms with Crippen molar-refractivity contribution in [2.45, 2.75) is 51.0 Å². The second-order valence-corrected chi connectivity index (χ2v) is 10.8. The van der Waals surface area contributed by atoms with Crippen molar-refractivity contribution in [2.75, 3.05) is 26.2 Å². The summed E-state index contributed by atoms with van der Waals surface area (Å²) >= 11 is 1.59. The molecule has 7 nitrogen and oxygen atoms in total. The first-order valence-corrected chi connectivity index (χ1v) is 14.6. The number of nitrogens with zero attached hydrogens (tertiary/aromatic N) is 1. The third kappa shape index (κ3) is 8.96. The second-order valence-electron chi connectivity index (χ2n) is 9.76. The van der Waals surface area contributed by atoms with Crippen LogP contribution in [-0.2, 0) is 22.4 Å². The number of thiophene rings is 1. The van der Waals surface area contributed by atoms with Gasteiger partial charge in [-0.05, 0) is 48.4 Å². The topological polar surface area (TPSA) is 87.7 Å². The minimum atomic E-state index is -0.287. The first-order valence-electron chi connectivity index (χ1n) is 13.7. The largest absolute Gasteiger partial charge is 0.491 e. The Morgan fingerprint density at radius 1 is 0.897 bits per heavy atom. The lowest BCUT2D eigenvalue weighted by Crippen LogP contribution is -2.46. The molecule has 2 heterocycles. The zero-order valence-corrected chi connectivity index (χ0v) is 23.1.